The molecule has 0 aromatic heterocycles. The highest BCUT2D eigenvalue weighted by molar-refractivity contribution is 6.34. The minimum atomic E-state index is -2.43. The van der Waals surface area contributed by atoms with Crippen LogP contribution in [0.1, 0.15) is 58.4 Å². The largest absolute Gasteiger partial charge is 0.469 e. The molecule has 40 heavy (non-hydrogen) atoms. The first-order valence-electron chi connectivity index (χ1n) is 13.2. The van der Waals surface area contributed by atoms with E-state index < -0.39 is 40.4 Å². The number of nitrogens with zero attached hydrogens (tertiary/aromatic N) is 2. The lowest BCUT2D eigenvalue weighted by atomic mass is 9.62. The van der Waals surface area contributed by atoms with Gasteiger partial charge in [-0.1, -0.05) is 73.9 Å². The van der Waals surface area contributed by atoms with Crippen LogP contribution in [0, 0.1) is 22.7 Å². The van der Waals surface area contributed by atoms with Crippen molar-refractivity contribution < 1.29 is 28.7 Å². The van der Waals surface area contributed by atoms with Gasteiger partial charge in [0.2, 0.25) is 5.54 Å². The number of ketones is 2. The van der Waals surface area contributed by atoms with Crippen LogP contribution in [0.15, 0.2) is 70.9 Å². The average molecular weight is 540 g/mol. The van der Waals surface area contributed by atoms with Crippen molar-refractivity contribution in [1.82, 2.24) is 5.32 Å². The summed E-state index contributed by atoms with van der Waals surface area (Å²) >= 11 is 0. The van der Waals surface area contributed by atoms with E-state index in [0.29, 0.717) is 5.56 Å². The highest BCUT2D eigenvalue weighted by Gasteiger charge is 2.78. The third kappa shape index (κ3) is 3.78. The maximum Gasteiger partial charge on any atom is 0.336 e. The van der Waals surface area contributed by atoms with Gasteiger partial charge < -0.3 is 14.8 Å². The topological polar surface area (TPSA) is 135 Å². The Morgan fingerprint density at radius 3 is 2.10 bits per heavy atom. The second-order valence-corrected chi connectivity index (χ2v) is 10.2. The van der Waals surface area contributed by atoms with Gasteiger partial charge in [-0.05, 0) is 18.4 Å². The van der Waals surface area contributed by atoms with E-state index in [2.05, 4.69) is 16.4 Å². The van der Waals surface area contributed by atoms with Crippen molar-refractivity contribution in [3.05, 3.63) is 82.6 Å². The molecule has 1 saturated carbocycles. The number of benzene rings is 2. The summed E-state index contributed by atoms with van der Waals surface area (Å²) in [6, 6.07) is 17.0. The lowest BCUT2D eigenvalue weighted by molar-refractivity contribution is -0.149. The molecule has 0 heterocycles. The van der Waals surface area contributed by atoms with Crippen molar-refractivity contribution in [3.63, 3.8) is 0 Å². The molecular weight excluding hydrogens is 510 g/mol. The molecule has 2 aromatic rings. The molecule has 9 heteroatoms. The van der Waals surface area contributed by atoms with Crippen LogP contribution in [0.5, 0.6) is 0 Å². The second-order valence-electron chi connectivity index (χ2n) is 10.2. The van der Waals surface area contributed by atoms with Crippen molar-refractivity contribution in [2.75, 3.05) is 14.2 Å². The van der Waals surface area contributed by atoms with Crippen LogP contribution < -0.4 is 5.32 Å². The maximum atomic E-state index is 14.5. The second kappa shape index (κ2) is 10.5. The highest BCUT2D eigenvalue weighted by atomic mass is 16.5. The molecule has 0 radical (unpaired) electrons. The number of Topliss-reactive ketones (excluding diaryl/α,β-unsaturated/α-hetero) is 2. The molecule has 3 aliphatic carbocycles. The van der Waals surface area contributed by atoms with E-state index >= 15 is 0 Å². The fraction of sp³-hybridized carbons (Fsp3) is 0.355. The number of carbonyl (C=O) groups is 4. The highest BCUT2D eigenvalue weighted by Crippen LogP contribution is 2.61. The van der Waals surface area contributed by atoms with Gasteiger partial charge in [0.1, 0.15) is 12.0 Å². The summed E-state index contributed by atoms with van der Waals surface area (Å²) < 4.78 is 10.2. The Balaban J connectivity index is 1.87. The van der Waals surface area contributed by atoms with Gasteiger partial charge in [0, 0.05) is 23.4 Å². The van der Waals surface area contributed by atoms with E-state index in [1.165, 1.54) is 18.3 Å². The van der Waals surface area contributed by atoms with Crippen LogP contribution >= 0.6 is 0 Å². The van der Waals surface area contributed by atoms with Crippen LogP contribution in [-0.4, -0.2) is 55.5 Å². The van der Waals surface area contributed by atoms with Crippen molar-refractivity contribution in [1.29, 1.82) is 5.26 Å². The zero-order valence-corrected chi connectivity index (χ0v) is 22.3. The summed E-state index contributed by atoms with van der Waals surface area (Å²) in [6.45, 7) is 0. The van der Waals surface area contributed by atoms with Crippen molar-refractivity contribution in [2.24, 2.45) is 16.3 Å². The van der Waals surface area contributed by atoms with Gasteiger partial charge in [0.15, 0.2) is 17.0 Å². The van der Waals surface area contributed by atoms with Gasteiger partial charge in [0.25, 0.3) is 0 Å². The lowest BCUT2D eigenvalue weighted by Gasteiger charge is -2.38. The molecular formula is C31H29N3O6. The van der Waals surface area contributed by atoms with Crippen LogP contribution in [0.25, 0.3) is 0 Å². The number of methoxy groups -OCH3 is 2. The average Bonchev–Trinajstić information content (AvgIpc) is 3.39. The van der Waals surface area contributed by atoms with Crippen LogP contribution in [-0.2, 0) is 19.1 Å². The molecule has 2 atom stereocenters. The van der Waals surface area contributed by atoms with Gasteiger partial charge >= 0.3 is 11.9 Å². The normalized spacial score (nSPS) is 23.8. The zero-order valence-electron chi connectivity index (χ0n) is 22.3. The van der Waals surface area contributed by atoms with Crippen LogP contribution in [0.4, 0.5) is 0 Å². The molecule has 0 amide bonds. The first-order chi connectivity index (χ1) is 19.4. The van der Waals surface area contributed by atoms with Gasteiger partial charge in [-0.2, -0.15) is 5.26 Å². The Hall–Kier alpha value is -4.58. The lowest BCUT2D eigenvalue weighted by Crippen LogP contribution is -2.58. The maximum absolute atomic E-state index is 14.5. The van der Waals surface area contributed by atoms with E-state index in [-0.39, 0.29) is 28.4 Å². The SMILES string of the molecule is COC(=O)C1=C(NC2CCCCC2)[C@@](C#N)(N=Cc2ccccc2)C2(C(=O)c3ccccc3C2=O)[C@H]1C(=O)OC. The summed E-state index contributed by atoms with van der Waals surface area (Å²) in [6.07, 6.45) is 5.74. The van der Waals surface area contributed by atoms with E-state index in [4.69, 9.17) is 9.47 Å². The van der Waals surface area contributed by atoms with Crippen molar-refractivity contribution >= 4 is 29.7 Å². The van der Waals surface area contributed by atoms with Gasteiger partial charge in [-0.15, -0.1) is 0 Å². The third-order valence-electron chi connectivity index (χ3n) is 8.22. The van der Waals surface area contributed by atoms with Crippen molar-refractivity contribution in [2.45, 2.75) is 43.7 Å². The standard InChI is InChI=1S/C31H29N3O6/c1-39-28(37)23-24(29(38)40-2)31(26(35)21-15-9-10-16-22(21)27(31)36)30(18-32,33-17-19-11-5-3-6-12-19)25(23)34-20-13-7-4-8-14-20/h3,5-6,9-12,15-17,20,24,34H,4,7-8,13-14H2,1-2H3/t24-,30-/m1/s1. The molecule has 5 rings (SSSR count). The number of nitriles is 1. The predicted molar refractivity (Wildman–Crippen MR) is 144 cm³/mol. The summed E-state index contributed by atoms with van der Waals surface area (Å²) in [5, 5.41) is 14.4. The Bertz CT molecular complexity index is 1450. The summed E-state index contributed by atoms with van der Waals surface area (Å²) in [7, 11) is 2.25. The molecule has 1 N–H and O–H groups in total. The summed E-state index contributed by atoms with van der Waals surface area (Å²) in [5.41, 5.74) is -4.37. The first-order valence-corrected chi connectivity index (χ1v) is 13.2. The number of hydrogen-bond acceptors (Lipinski definition) is 9. The van der Waals surface area contributed by atoms with E-state index in [0.717, 1.165) is 46.3 Å². The van der Waals surface area contributed by atoms with Crippen LogP contribution in [0.3, 0.4) is 0 Å². The minimum Gasteiger partial charge on any atom is -0.469 e. The molecule has 1 spiro atoms. The summed E-state index contributed by atoms with van der Waals surface area (Å²) in [4.78, 5) is 60.7. The number of hydrogen-bond donors (Lipinski definition) is 1. The Morgan fingerprint density at radius 1 is 0.950 bits per heavy atom. The number of ether oxygens (including phenoxy) is 2. The molecule has 204 valence electrons. The fourth-order valence-corrected chi connectivity index (χ4v) is 6.39. The quantitative estimate of drug-likeness (QED) is 0.334. The fourth-order valence-electron chi connectivity index (χ4n) is 6.39. The van der Waals surface area contributed by atoms with Gasteiger partial charge in [-0.3, -0.25) is 19.4 Å². The molecule has 9 nitrogen and oxygen atoms in total. The number of esters is 2. The number of nitrogens with one attached hydrogen (secondary N) is 1. The third-order valence-corrected chi connectivity index (χ3v) is 8.22. The van der Waals surface area contributed by atoms with E-state index in [9.17, 15) is 24.4 Å². The predicted octanol–water partition coefficient (Wildman–Crippen LogP) is 3.59. The Morgan fingerprint density at radius 2 is 1.55 bits per heavy atom. The molecule has 2 aromatic carbocycles. The molecule has 0 unspecified atom stereocenters. The first kappa shape index (κ1) is 27.0. The van der Waals surface area contributed by atoms with E-state index in [1.54, 1.807) is 36.4 Å². The van der Waals surface area contributed by atoms with Crippen molar-refractivity contribution in [3.8, 4) is 6.07 Å². The number of fused-ring (bicyclic) bond motifs is 1. The Kier molecular flexibility index (Phi) is 7.11. The van der Waals surface area contributed by atoms with Gasteiger partial charge in [-0.25, -0.2) is 4.79 Å². The molecule has 1 fully saturated rings. The number of carbonyl (C=O) groups excluding carboxylic acids is 4. The van der Waals surface area contributed by atoms with E-state index in [1.807, 2.05) is 6.07 Å². The Labute approximate surface area is 231 Å². The summed E-state index contributed by atoms with van der Waals surface area (Å²) in [5.74, 6) is -5.26. The number of rotatable bonds is 6. The molecule has 0 saturated heterocycles. The minimum absolute atomic E-state index is 0.0547. The smallest absolute Gasteiger partial charge is 0.336 e. The molecule has 3 aliphatic rings. The van der Waals surface area contributed by atoms with Gasteiger partial charge in [0.05, 0.1) is 25.5 Å². The molecule has 0 aliphatic heterocycles. The molecule has 0 bridgehead atoms. The number of aliphatic imine (C=N–C) groups is 1. The zero-order chi connectivity index (χ0) is 28.5. The van der Waals surface area contributed by atoms with Crippen LogP contribution in [0.2, 0.25) is 0 Å². The monoisotopic (exact) mass is 539 g/mol.